The SMILES string of the molecule is COc1ccc2c(c1)CC(c1ccc(Br)cc1)N(c1ccc(C(C)C)cc1F)C2C. The Kier molecular flexibility index (Phi) is 5.88. The molecule has 0 spiro atoms. The number of ether oxygens (including phenoxy) is 1. The lowest BCUT2D eigenvalue weighted by molar-refractivity contribution is 0.412. The maximum absolute atomic E-state index is 15.3. The number of fused-ring (bicyclic) bond motifs is 1. The smallest absolute Gasteiger partial charge is 0.146 e. The highest BCUT2D eigenvalue weighted by Gasteiger charge is 2.34. The molecule has 4 rings (SSSR count). The number of hydrogen-bond acceptors (Lipinski definition) is 2. The molecular formula is C26H27BrFNO. The van der Waals surface area contributed by atoms with E-state index in [1.165, 1.54) is 16.7 Å². The molecule has 1 aliphatic heterocycles. The van der Waals surface area contributed by atoms with Gasteiger partial charge in [0, 0.05) is 4.47 Å². The molecule has 2 unspecified atom stereocenters. The highest BCUT2D eigenvalue weighted by molar-refractivity contribution is 9.10. The van der Waals surface area contributed by atoms with E-state index in [9.17, 15) is 0 Å². The molecule has 1 aliphatic rings. The first-order valence-electron chi connectivity index (χ1n) is 10.4. The van der Waals surface area contributed by atoms with E-state index in [1.807, 2.05) is 12.1 Å². The van der Waals surface area contributed by atoms with E-state index in [4.69, 9.17) is 4.74 Å². The lowest BCUT2D eigenvalue weighted by Crippen LogP contribution is -2.37. The van der Waals surface area contributed by atoms with Gasteiger partial charge in [-0.3, -0.25) is 0 Å². The van der Waals surface area contributed by atoms with Gasteiger partial charge in [0.2, 0.25) is 0 Å². The van der Waals surface area contributed by atoms with Crippen LogP contribution in [-0.2, 0) is 6.42 Å². The second-order valence-electron chi connectivity index (χ2n) is 8.29. The fourth-order valence-corrected chi connectivity index (χ4v) is 4.72. The molecule has 0 fully saturated rings. The summed E-state index contributed by atoms with van der Waals surface area (Å²) in [6, 6.07) is 20.3. The third-order valence-corrected chi connectivity index (χ3v) is 6.67. The molecule has 2 nitrogen and oxygen atoms in total. The second-order valence-corrected chi connectivity index (χ2v) is 9.20. The van der Waals surface area contributed by atoms with Gasteiger partial charge < -0.3 is 9.64 Å². The van der Waals surface area contributed by atoms with Gasteiger partial charge in [-0.15, -0.1) is 0 Å². The van der Waals surface area contributed by atoms with Crippen LogP contribution in [0.15, 0.2) is 65.1 Å². The fraction of sp³-hybridized carbons (Fsp3) is 0.308. The lowest BCUT2D eigenvalue weighted by Gasteiger charge is -2.44. The number of rotatable bonds is 4. The summed E-state index contributed by atoms with van der Waals surface area (Å²) in [7, 11) is 1.69. The monoisotopic (exact) mass is 467 g/mol. The van der Waals surface area contributed by atoms with Gasteiger partial charge in [0.15, 0.2) is 0 Å². The highest BCUT2D eigenvalue weighted by Crippen LogP contribution is 2.45. The van der Waals surface area contributed by atoms with Crippen LogP contribution in [0.1, 0.15) is 61.0 Å². The Morgan fingerprint density at radius 2 is 1.77 bits per heavy atom. The molecule has 0 radical (unpaired) electrons. The Labute approximate surface area is 186 Å². The number of benzene rings is 3. The van der Waals surface area contributed by atoms with Crippen molar-refractivity contribution >= 4 is 21.6 Å². The Balaban J connectivity index is 1.85. The molecule has 2 atom stereocenters. The van der Waals surface area contributed by atoms with Crippen LogP contribution in [0.2, 0.25) is 0 Å². The molecule has 0 aromatic heterocycles. The molecule has 4 heteroatoms. The van der Waals surface area contributed by atoms with Gasteiger partial charge in [0.25, 0.3) is 0 Å². The van der Waals surface area contributed by atoms with Crippen molar-refractivity contribution in [1.29, 1.82) is 0 Å². The van der Waals surface area contributed by atoms with Gasteiger partial charge in [-0.05, 0) is 77.9 Å². The molecule has 0 amide bonds. The predicted octanol–water partition coefficient (Wildman–Crippen LogP) is 7.59. The van der Waals surface area contributed by atoms with E-state index in [2.05, 4.69) is 84.1 Å². The summed E-state index contributed by atoms with van der Waals surface area (Å²) >= 11 is 3.53. The molecule has 0 N–H and O–H groups in total. The third kappa shape index (κ3) is 3.85. The minimum Gasteiger partial charge on any atom is -0.497 e. The second kappa shape index (κ2) is 8.43. The van der Waals surface area contributed by atoms with Crippen LogP contribution in [-0.4, -0.2) is 7.11 Å². The molecule has 0 saturated carbocycles. The quantitative estimate of drug-likeness (QED) is 0.391. The summed E-state index contributed by atoms with van der Waals surface area (Å²) in [5.74, 6) is 0.992. The fourth-order valence-electron chi connectivity index (χ4n) is 4.45. The van der Waals surface area contributed by atoms with Crippen LogP contribution >= 0.6 is 15.9 Å². The van der Waals surface area contributed by atoms with Gasteiger partial charge in [0.05, 0.1) is 24.9 Å². The molecule has 1 heterocycles. The number of anilines is 1. The minimum absolute atomic E-state index is 0.0344. The molecule has 3 aromatic carbocycles. The Bertz CT molecular complexity index is 1050. The molecule has 0 bridgehead atoms. The van der Waals surface area contributed by atoms with Gasteiger partial charge >= 0.3 is 0 Å². The van der Waals surface area contributed by atoms with Crippen LogP contribution in [0.3, 0.4) is 0 Å². The minimum atomic E-state index is -0.160. The van der Waals surface area contributed by atoms with Crippen molar-refractivity contribution in [3.63, 3.8) is 0 Å². The summed E-state index contributed by atoms with van der Waals surface area (Å²) in [6.45, 7) is 6.34. The van der Waals surface area contributed by atoms with E-state index in [-0.39, 0.29) is 17.9 Å². The first-order valence-corrected chi connectivity index (χ1v) is 11.2. The van der Waals surface area contributed by atoms with Crippen molar-refractivity contribution in [1.82, 2.24) is 0 Å². The lowest BCUT2D eigenvalue weighted by atomic mass is 9.85. The Morgan fingerprint density at radius 1 is 1.03 bits per heavy atom. The maximum Gasteiger partial charge on any atom is 0.146 e. The van der Waals surface area contributed by atoms with Gasteiger partial charge in [-0.1, -0.05) is 54.0 Å². The number of methoxy groups -OCH3 is 1. The Hall–Kier alpha value is -2.33. The van der Waals surface area contributed by atoms with Gasteiger partial charge in [-0.25, -0.2) is 4.39 Å². The molecule has 3 aromatic rings. The average molecular weight is 468 g/mol. The van der Waals surface area contributed by atoms with Crippen LogP contribution < -0.4 is 9.64 Å². The standard InChI is InChI=1S/C26H27BrFNO/c1-16(2)19-7-12-25(24(28)14-19)29-17(3)23-11-10-22(30-4)13-20(23)15-26(29)18-5-8-21(27)9-6-18/h5-14,16-17,26H,15H2,1-4H3. The zero-order valence-corrected chi connectivity index (χ0v) is 19.4. The highest BCUT2D eigenvalue weighted by atomic mass is 79.9. The summed E-state index contributed by atoms with van der Waals surface area (Å²) < 4.78 is 21.8. The first-order chi connectivity index (χ1) is 14.4. The van der Waals surface area contributed by atoms with Crippen LogP contribution in [0.4, 0.5) is 10.1 Å². The zero-order chi connectivity index (χ0) is 21.4. The van der Waals surface area contributed by atoms with Crippen LogP contribution in [0.5, 0.6) is 5.75 Å². The van der Waals surface area contributed by atoms with E-state index >= 15 is 4.39 Å². The van der Waals surface area contributed by atoms with Crippen molar-refractivity contribution in [3.8, 4) is 5.75 Å². The molecule has 156 valence electrons. The number of nitrogens with zero attached hydrogens (tertiary/aromatic N) is 1. The van der Waals surface area contributed by atoms with Crippen molar-refractivity contribution in [2.24, 2.45) is 0 Å². The van der Waals surface area contributed by atoms with Crippen molar-refractivity contribution in [2.45, 2.75) is 45.2 Å². The first kappa shape index (κ1) is 20.9. The number of hydrogen-bond donors (Lipinski definition) is 0. The summed E-state index contributed by atoms with van der Waals surface area (Å²) in [5.41, 5.74) is 5.32. The zero-order valence-electron chi connectivity index (χ0n) is 17.8. The largest absolute Gasteiger partial charge is 0.497 e. The van der Waals surface area contributed by atoms with Crippen LogP contribution in [0, 0.1) is 5.82 Å². The Morgan fingerprint density at radius 3 is 2.40 bits per heavy atom. The van der Waals surface area contributed by atoms with Crippen molar-refractivity contribution in [3.05, 3.63) is 93.2 Å². The topological polar surface area (TPSA) is 12.5 Å². The van der Waals surface area contributed by atoms with Crippen LogP contribution in [0.25, 0.3) is 0 Å². The van der Waals surface area contributed by atoms with Gasteiger partial charge in [0.1, 0.15) is 11.6 Å². The van der Waals surface area contributed by atoms with Crippen molar-refractivity contribution in [2.75, 3.05) is 12.0 Å². The average Bonchev–Trinajstić information content (AvgIpc) is 2.74. The van der Waals surface area contributed by atoms with Gasteiger partial charge in [-0.2, -0.15) is 0 Å². The third-order valence-electron chi connectivity index (χ3n) is 6.14. The molecule has 0 aliphatic carbocycles. The normalized spacial score (nSPS) is 18.4. The van der Waals surface area contributed by atoms with Crippen molar-refractivity contribution < 1.29 is 9.13 Å². The number of halogens is 2. The molecular weight excluding hydrogens is 441 g/mol. The van der Waals surface area contributed by atoms with E-state index in [0.717, 1.165) is 22.2 Å². The maximum atomic E-state index is 15.3. The van der Waals surface area contributed by atoms with E-state index in [0.29, 0.717) is 11.6 Å². The summed E-state index contributed by atoms with van der Waals surface area (Å²) in [5, 5.41) is 0. The van der Waals surface area contributed by atoms with E-state index < -0.39 is 0 Å². The van der Waals surface area contributed by atoms with E-state index in [1.54, 1.807) is 13.2 Å². The summed E-state index contributed by atoms with van der Waals surface area (Å²) in [4.78, 5) is 2.23. The molecule has 0 saturated heterocycles. The predicted molar refractivity (Wildman–Crippen MR) is 125 cm³/mol. The molecule has 30 heavy (non-hydrogen) atoms. The summed E-state index contributed by atoms with van der Waals surface area (Å²) in [6.07, 6.45) is 0.796.